The van der Waals surface area contributed by atoms with Crippen molar-refractivity contribution in [2.24, 2.45) is 0 Å². The summed E-state index contributed by atoms with van der Waals surface area (Å²) in [7, 11) is 2.95. The van der Waals surface area contributed by atoms with Gasteiger partial charge in [-0.15, -0.1) is 0 Å². The van der Waals surface area contributed by atoms with Crippen LogP contribution in [0, 0.1) is 0 Å². The van der Waals surface area contributed by atoms with Crippen molar-refractivity contribution in [1.82, 2.24) is 5.32 Å². The number of benzene rings is 1. The predicted molar refractivity (Wildman–Crippen MR) is 76.4 cm³/mol. The van der Waals surface area contributed by atoms with E-state index in [0.717, 1.165) is 0 Å². The Morgan fingerprint density at radius 3 is 2.30 bits per heavy atom. The van der Waals surface area contributed by atoms with Gasteiger partial charge in [0.1, 0.15) is 6.04 Å². The first kappa shape index (κ1) is 16.3. The molecule has 0 saturated carbocycles. The van der Waals surface area contributed by atoms with E-state index in [1.807, 2.05) is 0 Å². The first-order valence-electron chi connectivity index (χ1n) is 5.89. The highest BCUT2D eigenvalue weighted by atomic mass is 79.9. The summed E-state index contributed by atoms with van der Waals surface area (Å²) in [5, 5.41) is 11.4. The van der Waals surface area contributed by atoms with Crippen LogP contribution in [-0.4, -0.2) is 37.2 Å². The molecule has 0 aliphatic heterocycles. The molecule has 1 atom stereocenters. The largest absolute Gasteiger partial charge is 0.493 e. The molecule has 2 N–H and O–H groups in total. The van der Waals surface area contributed by atoms with E-state index < -0.39 is 17.9 Å². The fourth-order valence-corrected chi connectivity index (χ4v) is 2.11. The van der Waals surface area contributed by atoms with E-state index in [4.69, 9.17) is 14.6 Å². The minimum atomic E-state index is -1.07. The lowest BCUT2D eigenvalue weighted by molar-refractivity contribution is -0.139. The number of hydrogen-bond donors (Lipinski definition) is 2. The van der Waals surface area contributed by atoms with Gasteiger partial charge in [0.2, 0.25) is 0 Å². The summed E-state index contributed by atoms with van der Waals surface area (Å²) in [6.45, 7) is 1.68. The number of carbonyl (C=O) groups is 2. The van der Waals surface area contributed by atoms with E-state index in [9.17, 15) is 9.59 Å². The molecular weight excluding hydrogens is 330 g/mol. The van der Waals surface area contributed by atoms with Crippen molar-refractivity contribution in [3.8, 4) is 11.5 Å². The van der Waals surface area contributed by atoms with Gasteiger partial charge in [-0.2, -0.15) is 0 Å². The minimum Gasteiger partial charge on any atom is -0.493 e. The Morgan fingerprint density at radius 1 is 1.30 bits per heavy atom. The van der Waals surface area contributed by atoms with Crippen LogP contribution in [0.5, 0.6) is 11.5 Å². The molecule has 0 bridgehead atoms. The Balaban J connectivity index is 3.07. The highest BCUT2D eigenvalue weighted by Crippen LogP contribution is 2.33. The van der Waals surface area contributed by atoms with Crippen LogP contribution in [0.15, 0.2) is 16.6 Å². The molecule has 1 rings (SSSR count). The van der Waals surface area contributed by atoms with Crippen LogP contribution < -0.4 is 14.8 Å². The van der Waals surface area contributed by atoms with Gasteiger partial charge in [-0.3, -0.25) is 4.79 Å². The highest BCUT2D eigenvalue weighted by molar-refractivity contribution is 9.10. The number of carboxylic acids is 1. The molecule has 0 unspecified atom stereocenters. The molecule has 1 aromatic rings. The lowest BCUT2D eigenvalue weighted by Crippen LogP contribution is -2.40. The van der Waals surface area contributed by atoms with Crippen LogP contribution in [0.1, 0.15) is 23.7 Å². The Bertz CT molecular complexity index is 518. The van der Waals surface area contributed by atoms with Gasteiger partial charge < -0.3 is 19.9 Å². The number of carboxylic acid groups (broad SMARTS) is 1. The standard InChI is InChI=1S/C13H16BrNO5/c1-4-9(13(17)18)15-12(16)7-5-10(19-2)11(20-3)6-8(7)14/h5-6,9H,4H2,1-3H3,(H,15,16)(H,17,18)/t9-/m1/s1. The molecule has 0 aliphatic rings. The highest BCUT2D eigenvalue weighted by Gasteiger charge is 2.21. The van der Waals surface area contributed by atoms with Crippen LogP contribution in [0.4, 0.5) is 0 Å². The SMILES string of the molecule is CC[C@@H](NC(=O)c1cc(OC)c(OC)cc1Br)C(=O)O. The van der Waals surface area contributed by atoms with E-state index in [2.05, 4.69) is 21.2 Å². The maximum absolute atomic E-state index is 12.1. The van der Waals surface area contributed by atoms with E-state index in [-0.39, 0.29) is 5.56 Å². The topological polar surface area (TPSA) is 84.9 Å². The molecular formula is C13H16BrNO5. The summed E-state index contributed by atoms with van der Waals surface area (Å²) in [6.07, 6.45) is 0.298. The molecule has 110 valence electrons. The van der Waals surface area contributed by atoms with E-state index >= 15 is 0 Å². The Hall–Kier alpha value is -1.76. The van der Waals surface area contributed by atoms with Gasteiger partial charge in [-0.25, -0.2) is 4.79 Å². The fraction of sp³-hybridized carbons (Fsp3) is 0.385. The number of aliphatic carboxylic acids is 1. The fourth-order valence-electron chi connectivity index (χ4n) is 1.60. The van der Waals surface area contributed by atoms with Crippen molar-refractivity contribution in [3.05, 3.63) is 22.2 Å². The zero-order valence-electron chi connectivity index (χ0n) is 11.4. The maximum Gasteiger partial charge on any atom is 0.326 e. The number of nitrogens with one attached hydrogen (secondary N) is 1. The molecule has 1 aromatic carbocycles. The number of rotatable bonds is 6. The average molecular weight is 346 g/mol. The summed E-state index contributed by atoms with van der Waals surface area (Å²) >= 11 is 3.26. The smallest absolute Gasteiger partial charge is 0.326 e. The molecule has 0 saturated heterocycles. The number of ether oxygens (including phenoxy) is 2. The number of hydrogen-bond acceptors (Lipinski definition) is 4. The summed E-state index contributed by atoms with van der Waals surface area (Å²) in [4.78, 5) is 23.0. The van der Waals surface area contributed by atoms with Crippen LogP contribution >= 0.6 is 15.9 Å². The Kier molecular flexibility index (Phi) is 5.82. The Morgan fingerprint density at radius 2 is 1.85 bits per heavy atom. The summed E-state index contributed by atoms with van der Waals surface area (Å²) in [6, 6.07) is 2.16. The second-order valence-electron chi connectivity index (χ2n) is 3.96. The summed E-state index contributed by atoms with van der Waals surface area (Å²) in [5.74, 6) is -0.699. The molecule has 0 fully saturated rings. The molecule has 20 heavy (non-hydrogen) atoms. The molecule has 7 heteroatoms. The van der Waals surface area contributed by atoms with E-state index in [1.54, 1.807) is 13.0 Å². The van der Waals surface area contributed by atoms with E-state index in [1.165, 1.54) is 20.3 Å². The zero-order chi connectivity index (χ0) is 15.3. The van der Waals surface area contributed by atoms with Crippen LogP contribution in [0.2, 0.25) is 0 Å². The molecule has 0 aromatic heterocycles. The second kappa shape index (κ2) is 7.14. The van der Waals surface area contributed by atoms with Crippen molar-refractivity contribution < 1.29 is 24.2 Å². The summed E-state index contributed by atoms with van der Waals surface area (Å²) < 4.78 is 10.7. The lowest BCUT2D eigenvalue weighted by Gasteiger charge is -2.15. The van der Waals surface area contributed by atoms with Gasteiger partial charge >= 0.3 is 5.97 Å². The molecule has 1 amide bonds. The number of halogens is 1. The van der Waals surface area contributed by atoms with Crippen molar-refractivity contribution >= 4 is 27.8 Å². The van der Waals surface area contributed by atoms with Crippen molar-refractivity contribution in [3.63, 3.8) is 0 Å². The second-order valence-corrected chi connectivity index (χ2v) is 4.81. The predicted octanol–water partition coefficient (Wildman–Crippen LogP) is 2.06. The number of carbonyl (C=O) groups excluding carboxylic acids is 1. The molecule has 0 aliphatic carbocycles. The third kappa shape index (κ3) is 3.63. The van der Waals surface area contributed by atoms with Crippen molar-refractivity contribution in [2.45, 2.75) is 19.4 Å². The molecule has 0 heterocycles. The van der Waals surface area contributed by atoms with Gasteiger partial charge in [0.25, 0.3) is 5.91 Å². The Labute approximate surface area is 125 Å². The third-order valence-corrected chi connectivity index (χ3v) is 3.39. The first-order valence-corrected chi connectivity index (χ1v) is 6.69. The normalized spacial score (nSPS) is 11.6. The summed E-state index contributed by atoms with van der Waals surface area (Å²) in [5.41, 5.74) is 0.280. The molecule has 0 radical (unpaired) electrons. The minimum absolute atomic E-state index is 0.280. The molecule has 0 spiro atoms. The van der Waals surface area contributed by atoms with Crippen molar-refractivity contribution in [1.29, 1.82) is 0 Å². The van der Waals surface area contributed by atoms with Gasteiger partial charge in [-0.1, -0.05) is 6.92 Å². The van der Waals surface area contributed by atoms with Gasteiger partial charge in [-0.05, 0) is 34.5 Å². The molecule has 6 nitrogen and oxygen atoms in total. The monoisotopic (exact) mass is 345 g/mol. The van der Waals surface area contributed by atoms with Crippen LogP contribution in [0.3, 0.4) is 0 Å². The van der Waals surface area contributed by atoms with Gasteiger partial charge in [0.15, 0.2) is 11.5 Å². The van der Waals surface area contributed by atoms with Gasteiger partial charge in [0, 0.05) is 4.47 Å². The average Bonchev–Trinajstić information content (AvgIpc) is 2.43. The third-order valence-electron chi connectivity index (χ3n) is 2.73. The first-order chi connectivity index (χ1) is 9.44. The number of amides is 1. The van der Waals surface area contributed by atoms with Crippen LogP contribution in [-0.2, 0) is 4.79 Å². The maximum atomic E-state index is 12.1. The quantitative estimate of drug-likeness (QED) is 0.824. The van der Waals surface area contributed by atoms with Crippen molar-refractivity contribution in [2.75, 3.05) is 14.2 Å². The number of methoxy groups -OCH3 is 2. The van der Waals surface area contributed by atoms with E-state index in [0.29, 0.717) is 22.4 Å². The van der Waals surface area contributed by atoms with Crippen LogP contribution in [0.25, 0.3) is 0 Å². The zero-order valence-corrected chi connectivity index (χ0v) is 13.0. The lowest BCUT2D eigenvalue weighted by atomic mass is 10.1. The van der Waals surface area contributed by atoms with Gasteiger partial charge in [0.05, 0.1) is 19.8 Å².